The largest absolute Gasteiger partial charge is 0.348 e. The zero-order valence-corrected chi connectivity index (χ0v) is 14.8. The van der Waals surface area contributed by atoms with E-state index in [-0.39, 0.29) is 17.5 Å². The van der Waals surface area contributed by atoms with Gasteiger partial charge in [-0.15, -0.1) is 5.10 Å². The summed E-state index contributed by atoms with van der Waals surface area (Å²) >= 11 is 1.28. The molecule has 26 heavy (non-hydrogen) atoms. The molecule has 0 aliphatic carbocycles. The Morgan fingerprint density at radius 2 is 2.15 bits per heavy atom. The zero-order valence-electron chi connectivity index (χ0n) is 14.0. The Balaban J connectivity index is 1.64. The van der Waals surface area contributed by atoms with Crippen LogP contribution >= 0.6 is 11.3 Å². The van der Waals surface area contributed by atoms with Gasteiger partial charge in [0.2, 0.25) is 21.8 Å². The average molecular weight is 369 g/mol. The second kappa shape index (κ2) is 6.64. The van der Waals surface area contributed by atoms with E-state index in [9.17, 15) is 4.79 Å². The van der Waals surface area contributed by atoms with Gasteiger partial charge in [-0.25, -0.2) is 4.98 Å². The molecule has 0 radical (unpaired) electrons. The van der Waals surface area contributed by atoms with Crippen molar-refractivity contribution in [2.24, 2.45) is 5.92 Å². The summed E-state index contributed by atoms with van der Waals surface area (Å²) in [6.07, 6.45) is 4.84. The first-order chi connectivity index (χ1) is 12.6. The number of aromatic nitrogens is 6. The van der Waals surface area contributed by atoms with Crippen LogP contribution in [0.5, 0.6) is 0 Å². The quantitative estimate of drug-likeness (QED) is 0.571. The molecule has 0 fully saturated rings. The normalized spacial score (nSPS) is 12.6. The van der Waals surface area contributed by atoms with Gasteiger partial charge in [0.15, 0.2) is 0 Å². The van der Waals surface area contributed by atoms with Crippen molar-refractivity contribution >= 4 is 21.4 Å². The highest BCUT2D eigenvalue weighted by Crippen LogP contribution is 2.28. The van der Waals surface area contributed by atoms with E-state index in [1.54, 1.807) is 12.4 Å². The molecule has 4 aromatic rings. The predicted octanol–water partition coefficient (Wildman–Crippen LogP) is 2.41. The minimum Gasteiger partial charge on any atom is -0.348 e. The lowest BCUT2D eigenvalue weighted by Crippen LogP contribution is -2.18. The van der Waals surface area contributed by atoms with Gasteiger partial charge in [0.1, 0.15) is 6.04 Å². The monoisotopic (exact) mass is 369 g/mol. The number of nitrogens with one attached hydrogen (secondary N) is 1. The molecule has 0 bridgehead atoms. The first-order valence-corrected chi connectivity index (χ1v) is 8.79. The highest BCUT2D eigenvalue weighted by atomic mass is 32.1. The maximum absolute atomic E-state index is 11.8. The van der Waals surface area contributed by atoms with Crippen molar-refractivity contribution in [1.29, 1.82) is 0 Å². The number of rotatable bonds is 5. The van der Waals surface area contributed by atoms with Crippen molar-refractivity contribution in [1.82, 2.24) is 29.7 Å². The smallest absolute Gasteiger partial charge is 0.275 e. The molecule has 10 heteroatoms. The molecule has 132 valence electrons. The first-order valence-electron chi connectivity index (χ1n) is 7.97. The molecule has 1 unspecified atom stereocenters. The second-order valence-corrected chi connectivity index (χ2v) is 6.90. The van der Waals surface area contributed by atoms with E-state index in [0.29, 0.717) is 21.8 Å². The molecule has 1 atom stereocenters. The predicted molar refractivity (Wildman–Crippen MR) is 95.9 cm³/mol. The lowest BCUT2D eigenvalue weighted by atomic mass is 10.1. The molecule has 4 rings (SSSR count). The fourth-order valence-corrected chi connectivity index (χ4v) is 3.23. The molecular weight excluding hydrogens is 354 g/mol. The van der Waals surface area contributed by atoms with Crippen molar-refractivity contribution in [3.8, 4) is 11.4 Å². The van der Waals surface area contributed by atoms with E-state index in [0.717, 1.165) is 5.56 Å². The van der Waals surface area contributed by atoms with Crippen LogP contribution in [0.2, 0.25) is 0 Å². The summed E-state index contributed by atoms with van der Waals surface area (Å²) in [5, 5.41) is 12.1. The molecular formula is C16H15N7O2S. The molecule has 4 heterocycles. The molecule has 0 amide bonds. The maximum atomic E-state index is 11.8. The van der Waals surface area contributed by atoms with Crippen LogP contribution in [0.25, 0.3) is 16.3 Å². The fraction of sp³-hybridized carbons (Fsp3) is 0.250. The Morgan fingerprint density at radius 3 is 2.88 bits per heavy atom. The summed E-state index contributed by atoms with van der Waals surface area (Å²) in [5.41, 5.74) is 0.554. The van der Waals surface area contributed by atoms with Crippen molar-refractivity contribution in [2.75, 3.05) is 5.32 Å². The number of pyridine rings is 1. The van der Waals surface area contributed by atoms with Gasteiger partial charge in [-0.2, -0.15) is 9.50 Å². The van der Waals surface area contributed by atoms with Crippen LogP contribution in [0.3, 0.4) is 0 Å². The van der Waals surface area contributed by atoms with Gasteiger partial charge in [-0.3, -0.25) is 9.78 Å². The topological polar surface area (TPSA) is 111 Å². The van der Waals surface area contributed by atoms with Gasteiger partial charge >= 0.3 is 0 Å². The van der Waals surface area contributed by atoms with Gasteiger partial charge in [-0.1, -0.05) is 30.3 Å². The van der Waals surface area contributed by atoms with Crippen LogP contribution in [0, 0.1) is 5.92 Å². The van der Waals surface area contributed by atoms with Gasteiger partial charge in [0.05, 0.1) is 0 Å². The Labute approximate surface area is 151 Å². The number of anilines is 1. The van der Waals surface area contributed by atoms with Crippen LogP contribution in [0.15, 0.2) is 46.1 Å². The minimum absolute atomic E-state index is 0.147. The van der Waals surface area contributed by atoms with Crippen molar-refractivity contribution in [3.05, 3.63) is 53.0 Å². The van der Waals surface area contributed by atoms with E-state index in [2.05, 4.69) is 30.5 Å². The Hall–Kier alpha value is -3.14. The van der Waals surface area contributed by atoms with E-state index in [1.165, 1.54) is 28.1 Å². The van der Waals surface area contributed by atoms with E-state index < -0.39 is 0 Å². The summed E-state index contributed by atoms with van der Waals surface area (Å²) in [5.74, 6) is 1.06. The third-order valence-electron chi connectivity index (χ3n) is 3.74. The summed E-state index contributed by atoms with van der Waals surface area (Å²) < 4.78 is 6.72. The van der Waals surface area contributed by atoms with Crippen LogP contribution in [-0.2, 0) is 0 Å². The third-order valence-corrected chi connectivity index (χ3v) is 4.60. The molecule has 0 saturated heterocycles. The lowest BCUT2D eigenvalue weighted by molar-refractivity contribution is 0.336. The Kier molecular flexibility index (Phi) is 4.17. The molecule has 0 saturated carbocycles. The maximum Gasteiger partial charge on any atom is 0.275 e. The highest BCUT2D eigenvalue weighted by Gasteiger charge is 2.24. The number of hydrogen-bond acceptors (Lipinski definition) is 9. The van der Waals surface area contributed by atoms with Crippen LogP contribution in [0.4, 0.5) is 5.13 Å². The number of hydrogen-bond donors (Lipinski definition) is 1. The van der Waals surface area contributed by atoms with Crippen molar-refractivity contribution < 1.29 is 4.52 Å². The van der Waals surface area contributed by atoms with Crippen LogP contribution in [-0.4, -0.2) is 29.7 Å². The highest BCUT2D eigenvalue weighted by molar-refractivity contribution is 7.20. The van der Waals surface area contributed by atoms with Gasteiger partial charge < -0.3 is 9.84 Å². The fourth-order valence-electron chi connectivity index (χ4n) is 2.42. The summed E-state index contributed by atoms with van der Waals surface area (Å²) in [7, 11) is 0. The molecule has 1 N–H and O–H groups in total. The lowest BCUT2D eigenvalue weighted by Gasteiger charge is -2.17. The van der Waals surface area contributed by atoms with E-state index in [1.807, 2.05) is 26.0 Å². The summed E-state index contributed by atoms with van der Waals surface area (Å²) in [6.45, 7) is 4.06. The molecule has 0 spiro atoms. The third kappa shape index (κ3) is 3.06. The van der Waals surface area contributed by atoms with Crippen molar-refractivity contribution in [3.63, 3.8) is 0 Å². The molecule has 0 aliphatic heterocycles. The second-order valence-electron chi connectivity index (χ2n) is 5.95. The zero-order chi connectivity index (χ0) is 18.1. The SMILES string of the molecule is CC(C)C(Nc1nn2c(=O)ccnc2s1)c1nc(-c2cccnc2)no1. The summed E-state index contributed by atoms with van der Waals surface area (Å²) in [4.78, 5) is 25.1. The first kappa shape index (κ1) is 16.3. The average Bonchev–Trinajstić information content (AvgIpc) is 3.28. The van der Waals surface area contributed by atoms with E-state index >= 15 is 0 Å². The van der Waals surface area contributed by atoms with Crippen LogP contribution < -0.4 is 10.9 Å². The molecule has 0 aromatic carbocycles. The minimum atomic E-state index is -0.260. The van der Waals surface area contributed by atoms with Crippen molar-refractivity contribution in [2.45, 2.75) is 19.9 Å². The Morgan fingerprint density at radius 1 is 1.27 bits per heavy atom. The molecule has 0 aliphatic rings. The molecule has 9 nitrogen and oxygen atoms in total. The van der Waals surface area contributed by atoms with Gasteiger partial charge in [0.25, 0.3) is 5.56 Å². The van der Waals surface area contributed by atoms with Crippen LogP contribution in [0.1, 0.15) is 25.8 Å². The van der Waals surface area contributed by atoms with Gasteiger partial charge in [-0.05, 0) is 18.1 Å². The standard InChI is InChI=1S/C16H15N7O2S/c1-9(2)12(14-20-13(22-25-14)10-4-3-6-17-8-10)19-15-21-23-11(24)5-7-18-16(23)26-15/h3-9,12H,1-2H3,(H,19,21). The Bertz CT molecular complexity index is 1090. The number of fused-ring (bicyclic) bond motifs is 1. The molecule has 4 aromatic heterocycles. The van der Waals surface area contributed by atoms with Gasteiger partial charge in [0, 0.05) is 30.2 Å². The summed E-state index contributed by atoms with van der Waals surface area (Å²) in [6, 6.07) is 4.79. The number of nitrogens with zero attached hydrogens (tertiary/aromatic N) is 6. The van der Waals surface area contributed by atoms with E-state index in [4.69, 9.17) is 4.52 Å².